The molecule has 0 unspecified atom stereocenters. The number of fused-ring (bicyclic) bond motifs is 3. The fraction of sp³-hybridized carbons (Fsp3) is 0.263. The SMILES string of the molecule is CN(CC(F)(F)C(=O)O)C(=O)OCC1c2ccccc2-c2ccccc21. The van der Waals surface area contributed by atoms with Crippen LogP contribution in [0, 0.1) is 0 Å². The lowest BCUT2D eigenvalue weighted by atomic mass is 9.98. The fourth-order valence-corrected chi connectivity index (χ4v) is 3.13. The van der Waals surface area contributed by atoms with Crippen molar-refractivity contribution in [2.45, 2.75) is 11.8 Å². The summed E-state index contributed by atoms with van der Waals surface area (Å²) in [5.41, 5.74) is 4.10. The lowest BCUT2D eigenvalue weighted by Crippen LogP contribution is -2.43. The lowest BCUT2D eigenvalue weighted by molar-refractivity contribution is -0.166. The van der Waals surface area contributed by atoms with Crippen LogP contribution >= 0.6 is 0 Å². The van der Waals surface area contributed by atoms with Gasteiger partial charge < -0.3 is 14.7 Å². The van der Waals surface area contributed by atoms with E-state index in [0.717, 1.165) is 29.3 Å². The Morgan fingerprint density at radius 1 is 1.08 bits per heavy atom. The highest BCUT2D eigenvalue weighted by Gasteiger charge is 2.41. The van der Waals surface area contributed by atoms with E-state index in [1.807, 2.05) is 48.5 Å². The molecule has 0 saturated heterocycles. The number of alkyl halides is 2. The van der Waals surface area contributed by atoms with Crippen LogP contribution in [0.25, 0.3) is 11.1 Å². The van der Waals surface area contributed by atoms with Crippen LogP contribution in [0.4, 0.5) is 13.6 Å². The first-order valence-electron chi connectivity index (χ1n) is 7.98. The Bertz CT molecular complexity index is 807. The van der Waals surface area contributed by atoms with Crippen molar-refractivity contribution in [2.24, 2.45) is 0 Å². The third-order valence-electron chi connectivity index (χ3n) is 4.40. The zero-order chi connectivity index (χ0) is 18.9. The smallest absolute Gasteiger partial charge is 0.409 e. The molecule has 1 aliphatic rings. The second-order valence-corrected chi connectivity index (χ2v) is 6.17. The normalized spacial score (nSPS) is 13.0. The number of carboxylic acids is 1. The molecule has 0 spiro atoms. The minimum absolute atomic E-state index is 0.0180. The molecular formula is C19H17F2NO4. The molecule has 5 nitrogen and oxygen atoms in total. The van der Waals surface area contributed by atoms with Crippen LogP contribution in [-0.2, 0) is 9.53 Å². The van der Waals surface area contributed by atoms with Crippen molar-refractivity contribution in [3.8, 4) is 11.1 Å². The molecule has 2 aromatic carbocycles. The van der Waals surface area contributed by atoms with Gasteiger partial charge in [-0.05, 0) is 22.3 Å². The molecule has 26 heavy (non-hydrogen) atoms. The number of carbonyl (C=O) groups is 2. The summed E-state index contributed by atoms with van der Waals surface area (Å²) in [6.45, 7) is -1.27. The minimum atomic E-state index is -4.03. The zero-order valence-corrected chi connectivity index (χ0v) is 14.0. The van der Waals surface area contributed by atoms with Crippen molar-refractivity contribution in [3.05, 3.63) is 59.7 Å². The van der Waals surface area contributed by atoms with E-state index in [2.05, 4.69) is 0 Å². The van der Waals surface area contributed by atoms with Crippen molar-refractivity contribution < 1.29 is 28.2 Å². The summed E-state index contributed by atoms with van der Waals surface area (Å²) in [5, 5.41) is 8.46. The Morgan fingerprint density at radius 3 is 2.08 bits per heavy atom. The third-order valence-corrected chi connectivity index (χ3v) is 4.40. The number of carbonyl (C=O) groups excluding carboxylic acids is 1. The molecule has 3 rings (SSSR count). The topological polar surface area (TPSA) is 66.8 Å². The monoisotopic (exact) mass is 361 g/mol. The first-order valence-corrected chi connectivity index (χ1v) is 7.98. The van der Waals surface area contributed by atoms with Crippen molar-refractivity contribution in [1.82, 2.24) is 4.90 Å². The molecule has 0 saturated carbocycles. The highest BCUT2D eigenvalue weighted by Crippen LogP contribution is 2.44. The van der Waals surface area contributed by atoms with E-state index in [1.54, 1.807) is 0 Å². The van der Waals surface area contributed by atoms with Crippen LogP contribution < -0.4 is 0 Å². The summed E-state index contributed by atoms with van der Waals surface area (Å²) in [6.07, 6.45) is -0.993. The summed E-state index contributed by atoms with van der Waals surface area (Å²) in [5.74, 6) is -6.50. The number of halogens is 2. The van der Waals surface area contributed by atoms with Crippen LogP contribution in [-0.4, -0.2) is 48.2 Å². The van der Waals surface area contributed by atoms with Crippen molar-refractivity contribution in [3.63, 3.8) is 0 Å². The van der Waals surface area contributed by atoms with Gasteiger partial charge in [-0.1, -0.05) is 48.5 Å². The van der Waals surface area contributed by atoms with E-state index >= 15 is 0 Å². The molecule has 1 amide bonds. The standard InChI is InChI=1S/C19H17F2NO4/c1-22(11-19(20,21)17(23)24)18(25)26-10-16-14-8-4-2-6-12(14)13-7-3-5-9-15(13)16/h2-9,16H,10-11H2,1H3,(H,23,24). The first-order chi connectivity index (χ1) is 12.3. The second kappa shape index (κ2) is 6.74. The number of ether oxygens (including phenoxy) is 1. The summed E-state index contributed by atoms with van der Waals surface area (Å²) >= 11 is 0. The minimum Gasteiger partial charge on any atom is -0.477 e. The van der Waals surface area contributed by atoms with Crippen LogP contribution in [0.3, 0.4) is 0 Å². The average Bonchev–Trinajstić information content (AvgIpc) is 2.93. The summed E-state index contributed by atoms with van der Waals surface area (Å²) < 4.78 is 31.7. The van der Waals surface area contributed by atoms with Gasteiger partial charge in [-0.25, -0.2) is 9.59 Å². The quantitative estimate of drug-likeness (QED) is 0.884. The van der Waals surface area contributed by atoms with E-state index in [-0.39, 0.29) is 12.5 Å². The molecule has 0 heterocycles. The molecule has 0 bridgehead atoms. The van der Waals surface area contributed by atoms with Gasteiger partial charge in [-0.15, -0.1) is 0 Å². The molecule has 7 heteroatoms. The molecule has 0 aromatic heterocycles. The van der Waals surface area contributed by atoms with Gasteiger partial charge in [0.1, 0.15) is 6.61 Å². The van der Waals surface area contributed by atoms with E-state index in [9.17, 15) is 18.4 Å². The summed E-state index contributed by atoms with van der Waals surface area (Å²) in [7, 11) is 1.08. The van der Waals surface area contributed by atoms with Crippen LogP contribution in [0.5, 0.6) is 0 Å². The molecule has 0 radical (unpaired) electrons. The van der Waals surface area contributed by atoms with E-state index < -0.39 is 24.5 Å². The number of nitrogens with zero attached hydrogens (tertiary/aromatic N) is 1. The highest BCUT2D eigenvalue weighted by atomic mass is 19.3. The fourth-order valence-electron chi connectivity index (χ4n) is 3.13. The average molecular weight is 361 g/mol. The van der Waals surface area contributed by atoms with E-state index in [1.165, 1.54) is 0 Å². The predicted octanol–water partition coefficient (Wildman–Crippen LogP) is 3.59. The van der Waals surface area contributed by atoms with Gasteiger partial charge in [0.05, 0.1) is 6.54 Å². The molecule has 0 fully saturated rings. The predicted molar refractivity (Wildman–Crippen MR) is 90.3 cm³/mol. The van der Waals surface area contributed by atoms with Crippen LogP contribution in [0.2, 0.25) is 0 Å². The van der Waals surface area contributed by atoms with Gasteiger partial charge in [0.2, 0.25) is 0 Å². The van der Waals surface area contributed by atoms with Crippen molar-refractivity contribution in [1.29, 1.82) is 0 Å². The first kappa shape index (κ1) is 17.8. The largest absolute Gasteiger partial charge is 0.477 e. The Labute approximate surface area is 148 Å². The third kappa shape index (κ3) is 3.24. The molecule has 1 N–H and O–H groups in total. The number of benzene rings is 2. The van der Waals surface area contributed by atoms with Crippen LogP contribution in [0.1, 0.15) is 17.0 Å². The lowest BCUT2D eigenvalue weighted by Gasteiger charge is -2.22. The number of carboxylic acid groups (broad SMARTS) is 1. The maximum Gasteiger partial charge on any atom is 0.409 e. The van der Waals surface area contributed by atoms with Crippen LogP contribution in [0.15, 0.2) is 48.5 Å². The van der Waals surface area contributed by atoms with Gasteiger partial charge in [0, 0.05) is 13.0 Å². The Morgan fingerprint density at radius 2 is 1.58 bits per heavy atom. The van der Waals surface area contributed by atoms with Gasteiger partial charge >= 0.3 is 18.0 Å². The number of rotatable bonds is 5. The number of aliphatic carboxylic acids is 1. The van der Waals surface area contributed by atoms with Gasteiger partial charge in [-0.3, -0.25) is 0 Å². The van der Waals surface area contributed by atoms with Crippen molar-refractivity contribution >= 4 is 12.1 Å². The van der Waals surface area contributed by atoms with Gasteiger partial charge in [0.25, 0.3) is 0 Å². The van der Waals surface area contributed by atoms with Gasteiger partial charge in [-0.2, -0.15) is 8.78 Å². The Balaban J connectivity index is 1.72. The molecule has 136 valence electrons. The Hall–Kier alpha value is -2.96. The second-order valence-electron chi connectivity index (χ2n) is 6.17. The number of amides is 1. The molecular weight excluding hydrogens is 344 g/mol. The highest BCUT2D eigenvalue weighted by molar-refractivity contribution is 5.79. The summed E-state index contributed by atoms with van der Waals surface area (Å²) in [6, 6.07) is 15.5. The molecule has 2 aromatic rings. The molecule has 0 aliphatic heterocycles. The van der Waals surface area contributed by atoms with Gasteiger partial charge in [0.15, 0.2) is 0 Å². The van der Waals surface area contributed by atoms with Crippen molar-refractivity contribution in [2.75, 3.05) is 20.2 Å². The maximum absolute atomic E-state index is 13.2. The molecule has 1 aliphatic carbocycles. The number of hydrogen-bond acceptors (Lipinski definition) is 3. The van der Waals surface area contributed by atoms with E-state index in [0.29, 0.717) is 4.90 Å². The molecule has 0 atom stereocenters. The zero-order valence-electron chi connectivity index (χ0n) is 14.0. The summed E-state index contributed by atoms with van der Waals surface area (Å²) in [4.78, 5) is 23.1. The Kier molecular flexibility index (Phi) is 4.63. The van der Waals surface area contributed by atoms with E-state index in [4.69, 9.17) is 9.84 Å². The maximum atomic E-state index is 13.2. The number of hydrogen-bond donors (Lipinski definition) is 1.